The van der Waals surface area contributed by atoms with Crippen LogP contribution < -0.4 is 16.3 Å². The summed E-state index contributed by atoms with van der Waals surface area (Å²) in [6.45, 7) is 3.81. The second-order valence-corrected chi connectivity index (χ2v) is 6.91. The van der Waals surface area contributed by atoms with Gasteiger partial charge in [0.2, 0.25) is 0 Å². The average molecular weight is 346 g/mol. The Balaban J connectivity index is 1.97. The molecule has 1 aromatic heterocycles. The highest BCUT2D eigenvalue weighted by Gasteiger charge is 2.19. The van der Waals surface area contributed by atoms with Gasteiger partial charge < -0.3 is 16.1 Å². The van der Waals surface area contributed by atoms with E-state index in [4.69, 9.17) is 16.1 Å². The number of hydrogen-bond acceptors (Lipinski definition) is 7. The van der Waals surface area contributed by atoms with Crippen LogP contribution in [0.3, 0.4) is 0 Å². The number of benzene rings is 1. The van der Waals surface area contributed by atoms with Crippen LogP contribution in [0.5, 0.6) is 0 Å². The summed E-state index contributed by atoms with van der Waals surface area (Å²) in [6, 6.07) is 4.40. The minimum absolute atomic E-state index is 0.515. The second-order valence-electron chi connectivity index (χ2n) is 6.03. The lowest BCUT2D eigenvalue weighted by Gasteiger charge is -2.14. The standard InChI is InChI=1S/C16H22N6OS/c1-9-15(10(2)23-20-9)11-7-13(17)16(19-22-18)14(8-11)24-21-12-5-3-4-6-12/h7-8,12,21H,3-6,17H2,1-2H3,(H2,18,19). The monoisotopic (exact) mass is 346 g/mol. The minimum Gasteiger partial charge on any atom is -0.397 e. The zero-order valence-electron chi connectivity index (χ0n) is 13.9. The fourth-order valence-electron chi connectivity index (χ4n) is 3.10. The van der Waals surface area contributed by atoms with Gasteiger partial charge in [-0.1, -0.05) is 23.2 Å². The van der Waals surface area contributed by atoms with Crippen LogP contribution >= 0.6 is 11.9 Å². The van der Waals surface area contributed by atoms with E-state index in [1.807, 2.05) is 26.0 Å². The predicted octanol–water partition coefficient (Wildman–Crippen LogP) is 4.04. The van der Waals surface area contributed by atoms with Crippen LogP contribution in [0.25, 0.3) is 11.1 Å². The molecule has 0 atom stereocenters. The average Bonchev–Trinajstić information content (AvgIpc) is 3.18. The summed E-state index contributed by atoms with van der Waals surface area (Å²) in [5, 5.41) is 11.4. The van der Waals surface area contributed by atoms with Crippen molar-refractivity contribution in [2.45, 2.75) is 50.5 Å². The van der Waals surface area contributed by atoms with Crippen molar-refractivity contribution >= 4 is 23.3 Å². The summed E-state index contributed by atoms with van der Waals surface area (Å²) >= 11 is 1.53. The molecule has 3 rings (SSSR count). The molecule has 1 fully saturated rings. The molecule has 2 aromatic rings. The zero-order chi connectivity index (χ0) is 17.1. The highest BCUT2D eigenvalue weighted by molar-refractivity contribution is 7.97. The van der Waals surface area contributed by atoms with Crippen LogP contribution in [0.2, 0.25) is 0 Å². The first-order chi connectivity index (χ1) is 11.6. The molecule has 5 N–H and O–H groups in total. The third-order valence-electron chi connectivity index (χ3n) is 4.27. The molecular formula is C16H22N6OS. The topological polar surface area (TPSA) is 115 Å². The van der Waals surface area contributed by atoms with Gasteiger partial charge in [-0.05, 0) is 56.3 Å². The summed E-state index contributed by atoms with van der Waals surface area (Å²) in [7, 11) is 0. The van der Waals surface area contributed by atoms with Crippen LogP contribution in [0.15, 0.2) is 31.9 Å². The Kier molecular flexibility index (Phi) is 5.06. The molecule has 8 heteroatoms. The molecule has 0 aliphatic heterocycles. The maximum absolute atomic E-state index is 6.20. The van der Waals surface area contributed by atoms with E-state index in [1.54, 1.807) is 0 Å². The van der Waals surface area contributed by atoms with Gasteiger partial charge in [-0.15, -0.1) is 5.11 Å². The number of nitrogens with two attached hydrogens (primary N) is 2. The minimum atomic E-state index is 0.515. The van der Waals surface area contributed by atoms with Crippen LogP contribution in [0.1, 0.15) is 37.1 Å². The van der Waals surface area contributed by atoms with Gasteiger partial charge in [0.05, 0.1) is 16.3 Å². The van der Waals surface area contributed by atoms with Crippen LogP contribution in [0.4, 0.5) is 11.4 Å². The van der Waals surface area contributed by atoms with Crippen molar-refractivity contribution in [1.29, 1.82) is 0 Å². The quantitative estimate of drug-likeness (QED) is 0.247. The SMILES string of the molecule is Cc1noc(C)c1-c1cc(N)c(N=NN)c(SNC2CCCC2)c1. The highest BCUT2D eigenvalue weighted by atomic mass is 32.2. The maximum atomic E-state index is 6.20. The molecule has 128 valence electrons. The summed E-state index contributed by atoms with van der Waals surface area (Å²) in [4.78, 5) is 0.895. The van der Waals surface area contributed by atoms with Crippen LogP contribution in [0, 0.1) is 13.8 Å². The first kappa shape index (κ1) is 16.8. The largest absolute Gasteiger partial charge is 0.397 e. The number of aryl methyl sites for hydroxylation is 2. The fraction of sp³-hybridized carbons (Fsp3) is 0.438. The van der Waals surface area contributed by atoms with Crippen molar-refractivity contribution in [2.24, 2.45) is 16.2 Å². The Hall–Kier alpha value is -2.06. The fourth-order valence-corrected chi connectivity index (χ4v) is 4.07. The van der Waals surface area contributed by atoms with Gasteiger partial charge in [-0.2, -0.15) is 0 Å². The number of nitrogens with one attached hydrogen (secondary N) is 1. The molecule has 1 aromatic carbocycles. The van der Waals surface area contributed by atoms with Gasteiger partial charge in [-0.25, -0.2) is 0 Å². The third kappa shape index (κ3) is 3.39. The number of anilines is 1. The van der Waals surface area contributed by atoms with Crippen molar-refractivity contribution in [3.05, 3.63) is 23.6 Å². The van der Waals surface area contributed by atoms with E-state index in [9.17, 15) is 0 Å². The molecule has 24 heavy (non-hydrogen) atoms. The molecule has 0 saturated heterocycles. The number of aromatic nitrogens is 1. The number of nitrogen functional groups attached to an aromatic ring is 1. The first-order valence-electron chi connectivity index (χ1n) is 8.00. The molecule has 0 bridgehead atoms. The lowest BCUT2D eigenvalue weighted by Crippen LogP contribution is -2.18. The van der Waals surface area contributed by atoms with Gasteiger partial charge in [0.25, 0.3) is 0 Å². The van der Waals surface area contributed by atoms with Gasteiger partial charge >= 0.3 is 0 Å². The lowest BCUT2D eigenvalue weighted by atomic mass is 10.0. The first-order valence-corrected chi connectivity index (χ1v) is 8.82. The van der Waals surface area contributed by atoms with Crippen molar-refractivity contribution < 1.29 is 4.52 Å². The Morgan fingerprint density at radius 3 is 2.67 bits per heavy atom. The molecule has 7 nitrogen and oxygen atoms in total. The number of hydrogen-bond donors (Lipinski definition) is 3. The molecule has 1 aliphatic carbocycles. The van der Waals surface area contributed by atoms with E-state index in [0.717, 1.165) is 27.5 Å². The Bertz CT molecular complexity index is 732. The van der Waals surface area contributed by atoms with E-state index in [0.29, 0.717) is 17.4 Å². The van der Waals surface area contributed by atoms with E-state index < -0.39 is 0 Å². The third-order valence-corrected chi connectivity index (χ3v) is 5.26. The summed E-state index contributed by atoms with van der Waals surface area (Å²) in [5.41, 5.74) is 10.1. The number of nitrogens with zero attached hydrogens (tertiary/aromatic N) is 3. The zero-order valence-corrected chi connectivity index (χ0v) is 14.7. The maximum Gasteiger partial charge on any atom is 0.141 e. The lowest BCUT2D eigenvalue weighted by molar-refractivity contribution is 0.393. The van der Waals surface area contributed by atoms with Crippen molar-refractivity contribution in [3.63, 3.8) is 0 Å². The Morgan fingerprint density at radius 1 is 1.29 bits per heavy atom. The molecule has 0 radical (unpaired) electrons. The molecular weight excluding hydrogens is 324 g/mol. The van der Waals surface area contributed by atoms with Crippen LogP contribution in [-0.4, -0.2) is 11.2 Å². The molecule has 0 amide bonds. The second kappa shape index (κ2) is 7.23. The van der Waals surface area contributed by atoms with E-state index in [2.05, 4.69) is 20.2 Å². The van der Waals surface area contributed by atoms with E-state index >= 15 is 0 Å². The number of rotatable bonds is 5. The van der Waals surface area contributed by atoms with Crippen molar-refractivity contribution in [2.75, 3.05) is 5.73 Å². The molecule has 1 aliphatic rings. The normalized spacial score (nSPS) is 15.6. The van der Waals surface area contributed by atoms with Gasteiger partial charge in [0.1, 0.15) is 11.4 Å². The Labute approximate surface area is 145 Å². The van der Waals surface area contributed by atoms with Crippen molar-refractivity contribution in [1.82, 2.24) is 9.88 Å². The summed E-state index contributed by atoms with van der Waals surface area (Å²) < 4.78 is 8.78. The Morgan fingerprint density at radius 2 is 2.04 bits per heavy atom. The molecule has 1 saturated carbocycles. The summed E-state index contributed by atoms with van der Waals surface area (Å²) in [5.74, 6) is 6.01. The van der Waals surface area contributed by atoms with E-state index in [1.165, 1.54) is 37.6 Å². The van der Waals surface area contributed by atoms with Gasteiger partial charge in [-0.3, -0.25) is 4.72 Å². The molecule has 1 heterocycles. The highest BCUT2D eigenvalue weighted by Crippen LogP contribution is 2.40. The summed E-state index contributed by atoms with van der Waals surface area (Å²) in [6.07, 6.45) is 4.93. The smallest absolute Gasteiger partial charge is 0.141 e. The molecule has 0 unspecified atom stereocenters. The van der Waals surface area contributed by atoms with Crippen LogP contribution in [-0.2, 0) is 0 Å². The molecule has 0 spiro atoms. The van der Waals surface area contributed by atoms with E-state index in [-0.39, 0.29) is 0 Å². The van der Waals surface area contributed by atoms with Gasteiger partial charge in [0, 0.05) is 11.6 Å². The predicted molar refractivity (Wildman–Crippen MR) is 95.8 cm³/mol. The van der Waals surface area contributed by atoms with Crippen molar-refractivity contribution in [3.8, 4) is 11.1 Å². The van der Waals surface area contributed by atoms with Gasteiger partial charge in [0.15, 0.2) is 0 Å².